The van der Waals surface area contributed by atoms with Crippen LogP contribution in [0.4, 0.5) is 5.69 Å². The van der Waals surface area contributed by atoms with Gasteiger partial charge in [-0.15, -0.1) is 0 Å². The quantitative estimate of drug-likeness (QED) is 0.815. The molecule has 0 aliphatic carbocycles. The van der Waals surface area contributed by atoms with Crippen LogP contribution >= 0.6 is 0 Å². The van der Waals surface area contributed by atoms with Crippen LogP contribution in [-0.4, -0.2) is 34.4 Å². The zero-order chi connectivity index (χ0) is 16.3. The smallest absolute Gasteiger partial charge is 0.238 e. The minimum atomic E-state index is -3.37. The average molecular weight is 333 g/mol. The number of ether oxygens (including phenoxy) is 2. The Balaban J connectivity index is 1.61. The summed E-state index contributed by atoms with van der Waals surface area (Å²) >= 11 is 0. The third kappa shape index (κ3) is 3.42. The zero-order valence-corrected chi connectivity index (χ0v) is 13.8. The summed E-state index contributed by atoms with van der Waals surface area (Å²) < 4.78 is 37.1. The molecule has 23 heavy (non-hydrogen) atoms. The molecule has 6 heteroatoms. The Bertz CT molecular complexity index is 771. The molecule has 2 aromatic rings. The molecule has 3 rings (SSSR count). The number of nitrogens with zero attached hydrogens (tertiary/aromatic N) is 1. The molecule has 0 amide bonds. The van der Waals surface area contributed by atoms with Crippen molar-refractivity contribution in [1.29, 1.82) is 0 Å². The summed E-state index contributed by atoms with van der Waals surface area (Å²) in [6.07, 6.45) is 0.759. The second-order valence-corrected chi connectivity index (χ2v) is 7.30. The highest BCUT2D eigenvalue weighted by Crippen LogP contribution is 2.30. The molecule has 5 nitrogen and oxygen atoms in total. The number of sulfonamides is 1. The molecule has 0 fully saturated rings. The van der Waals surface area contributed by atoms with Crippen LogP contribution in [0, 0.1) is 0 Å². The molecule has 1 aliphatic rings. The number of rotatable bonds is 6. The van der Waals surface area contributed by atoms with Crippen LogP contribution in [0.15, 0.2) is 48.5 Å². The fraction of sp³-hybridized carbons (Fsp3) is 0.294. The molecule has 0 aromatic heterocycles. The number of fused-ring (bicyclic) bond motifs is 1. The number of anilines is 1. The number of benzene rings is 2. The lowest BCUT2D eigenvalue weighted by Gasteiger charge is -2.19. The SMILES string of the molecule is COc1ccc(OCCS(=O)(=O)N2CCc3ccccc32)cc1. The van der Waals surface area contributed by atoms with Gasteiger partial charge >= 0.3 is 0 Å². The Labute approximate surface area is 136 Å². The van der Waals surface area contributed by atoms with Crippen molar-refractivity contribution in [1.82, 2.24) is 0 Å². The van der Waals surface area contributed by atoms with Crippen molar-refractivity contribution in [2.24, 2.45) is 0 Å². The second-order valence-electron chi connectivity index (χ2n) is 5.29. The van der Waals surface area contributed by atoms with Crippen LogP contribution in [0.1, 0.15) is 5.56 Å². The van der Waals surface area contributed by atoms with Crippen LogP contribution in [0.25, 0.3) is 0 Å². The summed E-state index contributed by atoms with van der Waals surface area (Å²) in [7, 11) is -1.78. The Hall–Kier alpha value is -2.21. The topological polar surface area (TPSA) is 55.8 Å². The molecule has 0 N–H and O–H groups in total. The molecule has 0 saturated carbocycles. The number of methoxy groups -OCH3 is 1. The van der Waals surface area contributed by atoms with Gasteiger partial charge in [-0.25, -0.2) is 8.42 Å². The van der Waals surface area contributed by atoms with Crippen molar-refractivity contribution >= 4 is 15.7 Å². The van der Waals surface area contributed by atoms with E-state index in [-0.39, 0.29) is 12.4 Å². The molecule has 1 heterocycles. The lowest BCUT2D eigenvalue weighted by Crippen LogP contribution is -2.33. The summed E-state index contributed by atoms with van der Waals surface area (Å²) in [5.41, 5.74) is 1.86. The summed E-state index contributed by atoms with van der Waals surface area (Å²) in [4.78, 5) is 0. The monoisotopic (exact) mass is 333 g/mol. The highest BCUT2D eigenvalue weighted by atomic mass is 32.2. The predicted molar refractivity (Wildman–Crippen MR) is 89.8 cm³/mol. The maximum absolute atomic E-state index is 12.5. The molecule has 1 aliphatic heterocycles. The number of hydrogen-bond donors (Lipinski definition) is 0. The van der Waals surface area contributed by atoms with Crippen molar-refractivity contribution in [3.63, 3.8) is 0 Å². The number of para-hydroxylation sites is 1. The Kier molecular flexibility index (Phi) is 4.43. The lowest BCUT2D eigenvalue weighted by molar-refractivity contribution is 0.339. The van der Waals surface area contributed by atoms with Crippen molar-refractivity contribution in [2.45, 2.75) is 6.42 Å². The average Bonchev–Trinajstić information content (AvgIpc) is 3.00. The molecule has 0 spiro atoms. The minimum Gasteiger partial charge on any atom is -0.497 e. The van der Waals surface area contributed by atoms with Crippen LogP contribution in [-0.2, 0) is 16.4 Å². The first kappa shape index (κ1) is 15.7. The fourth-order valence-electron chi connectivity index (χ4n) is 2.64. The van der Waals surface area contributed by atoms with Crippen molar-refractivity contribution in [3.8, 4) is 11.5 Å². The Morgan fingerprint density at radius 1 is 1.04 bits per heavy atom. The summed E-state index contributed by atoms with van der Waals surface area (Å²) in [6.45, 7) is 0.623. The van der Waals surface area contributed by atoms with E-state index in [9.17, 15) is 8.42 Å². The lowest BCUT2D eigenvalue weighted by atomic mass is 10.2. The maximum atomic E-state index is 12.5. The first-order valence-corrected chi connectivity index (χ1v) is 9.06. The normalized spacial score (nSPS) is 13.7. The summed E-state index contributed by atoms with van der Waals surface area (Å²) in [5, 5.41) is 0. The first-order chi connectivity index (χ1) is 11.1. The molecule has 0 atom stereocenters. The summed E-state index contributed by atoms with van der Waals surface area (Å²) in [5.74, 6) is 1.31. The highest BCUT2D eigenvalue weighted by molar-refractivity contribution is 7.92. The van der Waals surface area contributed by atoms with Crippen LogP contribution in [0.3, 0.4) is 0 Å². The van der Waals surface area contributed by atoms with E-state index in [2.05, 4.69) is 0 Å². The van der Waals surface area contributed by atoms with Gasteiger partial charge in [0.15, 0.2) is 0 Å². The van der Waals surface area contributed by atoms with E-state index in [0.29, 0.717) is 12.3 Å². The summed E-state index contributed by atoms with van der Waals surface area (Å²) in [6, 6.07) is 14.7. The Morgan fingerprint density at radius 3 is 2.48 bits per heavy atom. The van der Waals surface area contributed by atoms with Gasteiger partial charge in [-0.2, -0.15) is 0 Å². The zero-order valence-electron chi connectivity index (χ0n) is 12.9. The third-order valence-electron chi connectivity index (χ3n) is 3.85. The van der Waals surface area contributed by atoms with Gasteiger partial charge in [-0.05, 0) is 42.3 Å². The van der Waals surface area contributed by atoms with Gasteiger partial charge in [0.05, 0.1) is 12.8 Å². The van der Waals surface area contributed by atoms with E-state index < -0.39 is 10.0 Å². The van der Waals surface area contributed by atoms with Crippen molar-refractivity contribution < 1.29 is 17.9 Å². The van der Waals surface area contributed by atoms with Gasteiger partial charge in [0, 0.05) is 6.54 Å². The van der Waals surface area contributed by atoms with E-state index in [1.165, 1.54) is 4.31 Å². The molecule has 2 aromatic carbocycles. The number of hydrogen-bond acceptors (Lipinski definition) is 4. The molecule has 122 valence electrons. The van der Waals surface area contributed by atoms with Crippen molar-refractivity contribution in [2.75, 3.05) is 30.3 Å². The maximum Gasteiger partial charge on any atom is 0.238 e. The van der Waals surface area contributed by atoms with E-state index in [1.807, 2.05) is 24.3 Å². The molecular weight excluding hydrogens is 314 g/mol. The van der Waals surface area contributed by atoms with Gasteiger partial charge in [0.2, 0.25) is 10.0 Å². The molecule has 0 saturated heterocycles. The standard InChI is InChI=1S/C17H19NO4S/c1-21-15-6-8-16(9-7-15)22-12-13-23(19,20)18-11-10-14-4-2-3-5-17(14)18/h2-9H,10-13H2,1H3. The van der Waals surface area contributed by atoms with Gasteiger partial charge in [-0.1, -0.05) is 18.2 Å². The van der Waals surface area contributed by atoms with E-state index >= 15 is 0 Å². The molecule has 0 bridgehead atoms. The van der Waals surface area contributed by atoms with Crippen LogP contribution in [0.5, 0.6) is 11.5 Å². The van der Waals surface area contributed by atoms with Crippen LogP contribution in [0.2, 0.25) is 0 Å². The van der Waals surface area contributed by atoms with Gasteiger partial charge in [0.1, 0.15) is 23.9 Å². The van der Waals surface area contributed by atoms with Crippen LogP contribution < -0.4 is 13.8 Å². The second kappa shape index (κ2) is 6.50. The van der Waals surface area contributed by atoms with E-state index in [0.717, 1.165) is 23.4 Å². The molecular formula is C17H19NO4S. The molecule has 0 unspecified atom stereocenters. The van der Waals surface area contributed by atoms with Gasteiger partial charge < -0.3 is 9.47 Å². The first-order valence-electron chi connectivity index (χ1n) is 7.45. The van der Waals surface area contributed by atoms with Gasteiger partial charge in [0.25, 0.3) is 0 Å². The van der Waals surface area contributed by atoms with Crippen molar-refractivity contribution in [3.05, 3.63) is 54.1 Å². The van der Waals surface area contributed by atoms with Gasteiger partial charge in [-0.3, -0.25) is 4.31 Å². The fourth-order valence-corrected chi connectivity index (χ4v) is 4.01. The van der Waals surface area contributed by atoms with E-state index in [1.54, 1.807) is 31.4 Å². The largest absolute Gasteiger partial charge is 0.497 e. The third-order valence-corrected chi connectivity index (χ3v) is 5.58. The predicted octanol–water partition coefficient (Wildman–Crippen LogP) is 2.47. The molecule has 0 radical (unpaired) electrons. The minimum absolute atomic E-state index is 0.0483. The highest BCUT2D eigenvalue weighted by Gasteiger charge is 2.28. The Morgan fingerprint density at radius 2 is 1.74 bits per heavy atom. The van der Waals surface area contributed by atoms with E-state index in [4.69, 9.17) is 9.47 Å².